The molecule has 0 N–H and O–H groups in total. The molecule has 2 rings (SSSR count). The summed E-state index contributed by atoms with van der Waals surface area (Å²) in [5.74, 6) is -0.692. The van der Waals surface area contributed by atoms with Crippen molar-refractivity contribution in [1.82, 2.24) is 0 Å². The summed E-state index contributed by atoms with van der Waals surface area (Å²) >= 11 is 0. The zero-order chi connectivity index (χ0) is 39.7. The summed E-state index contributed by atoms with van der Waals surface area (Å²) in [6.45, 7) is 26.7. The van der Waals surface area contributed by atoms with Gasteiger partial charge in [-0.25, -0.2) is 0 Å². The van der Waals surface area contributed by atoms with Crippen LogP contribution in [-0.2, 0) is 52.2 Å². The lowest BCUT2D eigenvalue weighted by Gasteiger charge is -2.35. The standard InChI is InChI=1S/C42H72O11/c1-14-36(50-33(12)46-16-3)30(9)42-38(52-42)23-26(5)19-18-20-27(6)40-28(7)21-22-37(48-31(10)43)41(51-34(13)47-17-4)29(8)24-35(25-39(44)53-40)49-32(11)45-15-2/h18-22,26,28-30,32-38,40-42H,14-17,23-25H2,1-13H3/b19-18+,22-21+,27-20+. The Hall–Kier alpha value is -2.12. The molecule has 0 aromatic rings. The molecule has 53 heavy (non-hydrogen) atoms. The predicted molar refractivity (Wildman–Crippen MR) is 205 cm³/mol. The first-order chi connectivity index (χ1) is 25.1. The summed E-state index contributed by atoms with van der Waals surface area (Å²) in [7, 11) is 0. The number of cyclic esters (lactones) is 1. The van der Waals surface area contributed by atoms with Crippen LogP contribution in [-0.4, -0.2) is 93.4 Å². The van der Waals surface area contributed by atoms with Crippen molar-refractivity contribution in [3.63, 3.8) is 0 Å². The first-order valence-electron chi connectivity index (χ1n) is 20.0. The van der Waals surface area contributed by atoms with Crippen LogP contribution in [0, 0.1) is 23.7 Å². The van der Waals surface area contributed by atoms with E-state index in [0.29, 0.717) is 26.2 Å². The average molecular weight is 753 g/mol. The second-order valence-electron chi connectivity index (χ2n) is 14.7. The van der Waals surface area contributed by atoms with E-state index in [1.54, 1.807) is 0 Å². The van der Waals surface area contributed by atoms with Gasteiger partial charge in [-0.1, -0.05) is 58.9 Å². The van der Waals surface area contributed by atoms with Crippen LogP contribution in [0.25, 0.3) is 0 Å². The van der Waals surface area contributed by atoms with E-state index in [-0.39, 0.29) is 60.7 Å². The number of hydrogen-bond acceptors (Lipinski definition) is 11. The van der Waals surface area contributed by atoms with Crippen LogP contribution < -0.4 is 0 Å². The molecule has 14 unspecified atom stereocenters. The molecule has 2 heterocycles. The van der Waals surface area contributed by atoms with E-state index < -0.39 is 43.0 Å². The molecule has 11 nitrogen and oxygen atoms in total. The SMILES string of the molecule is CCOC(C)OC1CC(=O)OC(/C(C)=C/C=C/C(C)CC2OC2C(C)C(CC)OC(C)OCC)C(C)/C=C/C(OC(C)=O)C(OC(C)OCC)C(C)C1. The Morgan fingerprint density at radius 2 is 1.53 bits per heavy atom. The molecule has 2 aliphatic rings. The van der Waals surface area contributed by atoms with Gasteiger partial charge < -0.3 is 42.6 Å². The zero-order valence-corrected chi connectivity index (χ0v) is 34.9. The van der Waals surface area contributed by atoms with Crippen molar-refractivity contribution in [2.75, 3.05) is 19.8 Å². The topological polar surface area (TPSA) is 121 Å². The molecule has 1 saturated heterocycles. The minimum absolute atomic E-state index is 0.0241. The summed E-state index contributed by atoms with van der Waals surface area (Å²) in [4.78, 5) is 25.9. The van der Waals surface area contributed by atoms with Gasteiger partial charge in [-0.05, 0) is 91.2 Å². The fourth-order valence-electron chi connectivity index (χ4n) is 7.16. The number of rotatable bonds is 21. The van der Waals surface area contributed by atoms with Crippen LogP contribution in [0.5, 0.6) is 0 Å². The molecule has 0 aromatic heterocycles. The monoisotopic (exact) mass is 753 g/mol. The van der Waals surface area contributed by atoms with E-state index in [1.807, 2.05) is 86.6 Å². The van der Waals surface area contributed by atoms with Gasteiger partial charge in [0.25, 0.3) is 0 Å². The van der Waals surface area contributed by atoms with Crippen LogP contribution >= 0.6 is 0 Å². The summed E-state index contributed by atoms with van der Waals surface area (Å²) in [5.41, 5.74) is 0.881. The number of esters is 2. The third-order valence-corrected chi connectivity index (χ3v) is 9.84. The number of allylic oxidation sites excluding steroid dienone is 3. The highest BCUT2D eigenvalue weighted by atomic mass is 16.7. The molecule has 0 saturated carbocycles. The van der Waals surface area contributed by atoms with Gasteiger partial charge in [0.05, 0.1) is 30.8 Å². The molecule has 0 aliphatic carbocycles. The van der Waals surface area contributed by atoms with Crippen LogP contribution in [0.15, 0.2) is 36.0 Å². The molecule has 0 aromatic carbocycles. The number of ether oxygens (including phenoxy) is 9. The van der Waals surface area contributed by atoms with Crippen molar-refractivity contribution < 1.29 is 52.2 Å². The van der Waals surface area contributed by atoms with Crippen LogP contribution in [0.1, 0.15) is 116 Å². The molecular weight excluding hydrogens is 680 g/mol. The number of hydrogen-bond donors (Lipinski definition) is 0. The highest BCUT2D eigenvalue weighted by Crippen LogP contribution is 2.38. The molecule has 14 atom stereocenters. The summed E-state index contributed by atoms with van der Waals surface area (Å²) in [6, 6.07) is 0. The normalized spacial score (nSPS) is 31.3. The van der Waals surface area contributed by atoms with Gasteiger partial charge >= 0.3 is 11.9 Å². The van der Waals surface area contributed by atoms with Gasteiger partial charge in [0.2, 0.25) is 0 Å². The highest BCUT2D eigenvalue weighted by molar-refractivity contribution is 5.70. The fourth-order valence-corrected chi connectivity index (χ4v) is 7.16. The Morgan fingerprint density at radius 1 is 0.906 bits per heavy atom. The minimum Gasteiger partial charge on any atom is -0.457 e. The van der Waals surface area contributed by atoms with E-state index in [0.717, 1.165) is 18.4 Å². The number of carbonyl (C=O) groups is 2. The second kappa shape index (κ2) is 24.4. The van der Waals surface area contributed by atoms with Crippen molar-refractivity contribution in [3.8, 4) is 0 Å². The maximum atomic E-state index is 13.6. The Labute approximate surface area is 320 Å². The van der Waals surface area contributed by atoms with Gasteiger partial charge in [-0.3, -0.25) is 9.59 Å². The Morgan fingerprint density at radius 3 is 2.13 bits per heavy atom. The predicted octanol–water partition coefficient (Wildman–Crippen LogP) is 8.10. The molecule has 0 bridgehead atoms. The number of carbonyl (C=O) groups excluding carboxylic acids is 2. The highest BCUT2D eigenvalue weighted by Gasteiger charge is 2.46. The maximum Gasteiger partial charge on any atom is 0.309 e. The van der Waals surface area contributed by atoms with E-state index >= 15 is 0 Å². The minimum atomic E-state index is -0.706. The Kier molecular flexibility index (Phi) is 21.7. The molecule has 1 fully saturated rings. The summed E-state index contributed by atoms with van der Waals surface area (Å²) in [5, 5.41) is 0. The molecule has 0 radical (unpaired) electrons. The van der Waals surface area contributed by atoms with Crippen molar-refractivity contribution in [2.24, 2.45) is 23.7 Å². The first kappa shape index (κ1) is 47.0. The number of epoxide rings is 1. The average Bonchev–Trinajstić information content (AvgIpc) is 3.84. The molecule has 0 spiro atoms. The van der Waals surface area contributed by atoms with Crippen LogP contribution in [0.2, 0.25) is 0 Å². The van der Waals surface area contributed by atoms with Gasteiger partial charge in [0.1, 0.15) is 18.3 Å². The lowest BCUT2D eigenvalue weighted by Crippen LogP contribution is -2.42. The fraction of sp³-hybridized carbons (Fsp3) is 0.810. The van der Waals surface area contributed by atoms with Crippen molar-refractivity contribution in [2.45, 2.75) is 177 Å². The summed E-state index contributed by atoms with van der Waals surface area (Å²) in [6.07, 6.45) is 8.97. The van der Waals surface area contributed by atoms with E-state index in [4.69, 9.17) is 42.6 Å². The van der Waals surface area contributed by atoms with Gasteiger partial charge in [0.15, 0.2) is 18.9 Å². The first-order valence-corrected chi connectivity index (χ1v) is 20.0. The van der Waals surface area contributed by atoms with Crippen LogP contribution in [0.3, 0.4) is 0 Å². The van der Waals surface area contributed by atoms with Crippen molar-refractivity contribution in [3.05, 3.63) is 36.0 Å². The van der Waals surface area contributed by atoms with E-state index in [2.05, 4.69) is 26.8 Å². The van der Waals surface area contributed by atoms with Crippen LogP contribution in [0.4, 0.5) is 0 Å². The van der Waals surface area contributed by atoms with Crippen molar-refractivity contribution in [1.29, 1.82) is 0 Å². The van der Waals surface area contributed by atoms with E-state index in [1.165, 1.54) is 6.92 Å². The van der Waals surface area contributed by atoms with Crippen molar-refractivity contribution >= 4 is 11.9 Å². The summed E-state index contributed by atoms with van der Waals surface area (Å²) < 4.78 is 53.9. The third kappa shape index (κ3) is 17.1. The van der Waals surface area contributed by atoms with Gasteiger partial charge in [-0.15, -0.1) is 0 Å². The molecule has 2 aliphatic heterocycles. The second-order valence-corrected chi connectivity index (χ2v) is 14.7. The maximum absolute atomic E-state index is 13.6. The Balaban J connectivity index is 2.28. The van der Waals surface area contributed by atoms with E-state index in [9.17, 15) is 9.59 Å². The molecule has 0 amide bonds. The zero-order valence-electron chi connectivity index (χ0n) is 34.9. The lowest BCUT2D eigenvalue weighted by molar-refractivity contribution is -0.205. The van der Waals surface area contributed by atoms with Gasteiger partial charge in [-0.2, -0.15) is 0 Å². The smallest absolute Gasteiger partial charge is 0.309 e. The molecule has 306 valence electrons. The molecular formula is C42H72O11. The lowest BCUT2D eigenvalue weighted by atomic mass is 9.90. The third-order valence-electron chi connectivity index (χ3n) is 9.84. The Bertz CT molecular complexity index is 1150. The molecule has 11 heteroatoms. The largest absolute Gasteiger partial charge is 0.457 e. The quantitative estimate of drug-likeness (QED) is 0.0372. The van der Waals surface area contributed by atoms with Gasteiger partial charge in [0, 0.05) is 38.6 Å².